The molecule has 0 fully saturated rings. The molecule has 4 heteroatoms. The fraction of sp³-hybridized carbons (Fsp3) is 0.267. The van der Waals surface area contributed by atoms with Crippen molar-refractivity contribution in [2.75, 3.05) is 6.54 Å². The summed E-state index contributed by atoms with van der Waals surface area (Å²) in [5, 5.41) is 3.42. The molecule has 1 unspecified atom stereocenters. The minimum atomic E-state index is -0.236. The minimum Gasteiger partial charge on any atom is -0.310 e. The van der Waals surface area contributed by atoms with Gasteiger partial charge in [-0.15, -0.1) is 0 Å². The van der Waals surface area contributed by atoms with Gasteiger partial charge >= 0.3 is 0 Å². The Bertz CT molecular complexity index is 531. The van der Waals surface area contributed by atoms with Gasteiger partial charge in [-0.25, -0.2) is 4.39 Å². The lowest BCUT2D eigenvalue weighted by Gasteiger charge is -2.18. The Balaban J connectivity index is 2.21. The van der Waals surface area contributed by atoms with E-state index in [0.29, 0.717) is 4.47 Å². The summed E-state index contributed by atoms with van der Waals surface area (Å²) in [6.07, 6.45) is 4.46. The quantitative estimate of drug-likeness (QED) is 0.903. The Morgan fingerprint density at radius 2 is 2.21 bits per heavy atom. The molecule has 0 saturated heterocycles. The Hall–Kier alpha value is -1.26. The van der Waals surface area contributed by atoms with Crippen LogP contribution in [-0.2, 0) is 6.42 Å². The molecule has 0 spiro atoms. The van der Waals surface area contributed by atoms with Crippen LogP contribution in [0.1, 0.15) is 24.1 Å². The van der Waals surface area contributed by atoms with E-state index in [-0.39, 0.29) is 11.9 Å². The maximum Gasteiger partial charge on any atom is 0.137 e. The third kappa shape index (κ3) is 3.85. The number of hydrogen-bond acceptors (Lipinski definition) is 2. The van der Waals surface area contributed by atoms with Gasteiger partial charge in [-0.1, -0.05) is 19.1 Å². The number of aromatic nitrogens is 1. The molecule has 0 aliphatic rings. The van der Waals surface area contributed by atoms with E-state index in [9.17, 15) is 4.39 Å². The molecule has 0 amide bonds. The van der Waals surface area contributed by atoms with Crippen molar-refractivity contribution in [3.05, 3.63) is 64.1 Å². The second kappa shape index (κ2) is 6.78. The summed E-state index contributed by atoms with van der Waals surface area (Å²) >= 11 is 3.24. The van der Waals surface area contributed by atoms with Crippen molar-refractivity contribution >= 4 is 15.9 Å². The van der Waals surface area contributed by atoms with Crippen molar-refractivity contribution in [3.63, 3.8) is 0 Å². The molecule has 100 valence electrons. The van der Waals surface area contributed by atoms with Crippen LogP contribution in [0.3, 0.4) is 0 Å². The molecule has 1 aromatic carbocycles. The lowest BCUT2D eigenvalue weighted by atomic mass is 10.00. The van der Waals surface area contributed by atoms with Crippen molar-refractivity contribution in [1.29, 1.82) is 0 Å². The van der Waals surface area contributed by atoms with E-state index < -0.39 is 0 Å². The van der Waals surface area contributed by atoms with Gasteiger partial charge in [-0.2, -0.15) is 0 Å². The van der Waals surface area contributed by atoms with Crippen LogP contribution >= 0.6 is 15.9 Å². The molecule has 1 aromatic heterocycles. The first kappa shape index (κ1) is 14.2. The molecule has 0 bridgehead atoms. The Kier molecular flexibility index (Phi) is 5.05. The molecule has 19 heavy (non-hydrogen) atoms. The monoisotopic (exact) mass is 322 g/mol. The first-order chi connectivity index (χ1) is 9.20. The van der Waals surface area contributed by atoms with Gasteiger partial charge in [-0.3, -0.25) is 4.98 Å². The van der Waals surface area contributed by atoms with Gasteiger partial charge in [0.15, 0.2) is 0 Å². The van der Waals surface area contributed by atoms with Crippen molar-refractivity contribution in [2.45, 2.75) is 19.4 Å². The van der Waals surface area contributed by atoms with Crippen LogP contribution in [0.5, 0.6) is 0 Å². The number of nitrogens with zero attached hydrogens (tertiary/aromatic N) is 1. The highest BCUT2D eigenvalue weighted by Gasteiger charge is 2.13. The second-order valence-corrected chi connectivity index (χ2v) is 5.20. The molecule has 0 aliphatic heterocycles. The summed E-state index contributed by atoms with van der Waals surface area (Å²) in [7, 11) is 0. The minimum absolute atomic E-state index is 0.158. The number of likely N-dealkylation sites (N-methyl/N-ethyl adjacent to an activating group) is 1. The first-order valence-corrected chi connectivity index (χ1v) is 7.07. The summed E-state index contributed by atoms with van der Waals surface area (Å²) in [5.74, 6) is -0.236. The van der Waals surface area contributed by atoms with Gasteiger partial charge in [0.1, 0.15) is 5.82 Å². The van der Waals surface area contributed by atoms with Gasteiger partial charge < -0.3 is 5.32 Å². The van der Waals surface area contributed by atoms with Crippen molar-refractivity contribution in [1.82, 2.24) is 10.3 Å². The second-order valence-electron chi connectivity index (χ2n) is 4.35. The van der Waals surface area contributed by atoms with E-state index in [4.69, 9.17) is 0 Å². The van der Waals surface area contributed by atoms with E-state index in [1.165, 1.54) is 6.07 Å². The maximum absolute atomic E-state index is 13.3. The summed E-state index contributed by atoms with van der Waals surface area (Å²) in [6, 6.07) is 9.29. The summed E-state index contributed by atoms with van der Waals surface area (Å²) in [5.41, 5.74) is 2.23. The molecule has 2 nitrogen and oxygen atoms in total. The van der Waals surface area contributed by atoms with Gasteiger partial charge in [0, 0.05) is 18.4 Å². The molecule has 0 radical (unpaired) electrons. The number of hydrogen-bond donors (Lipinski definition) is 1. The zero-order chi connectivity index (χ0) is 13.7. The molecule has 0 saturated carbocycles. The fourth-order valence-corrected chi connectivity index (χ4v) is 2.43. The smallest absolute Gasteiger partial charge is 0.137 e. The molecule has 1 atom stereocenters. The van der Waals surface area contributed by atoms with E-state index in [2.05, 4.69) is 39.2 Å². The standard InChI is InChI=1S/C15H16BrFN2/c1-2-19-15(8-11-4-3-7-18-10-11)12-5-6-14(17)13(16)9-12/h3-7,9-10,15,19H,2,8H2,1H3. The van der Waals surface area contributed by atoms with Gasteiger partial charge in [0.05, 0.1) is 4.47 Å². The van der Waals surface area contributed by atoms with Gasteiger partial charge in [0.25, 0.3) is 0 Å². The predicted octanol–water partition coefficient (Wildman–Crippen LogP) is 3.88. The number of benzene rings is 1. The average molecular weight is 323 g/mol. The Morgan fingerprint density at radius 3 is 2.84 bits per heavy atom. The van der Waals surface area contributed by atoms with Crippen LogP contribution in [-0.4, -0.2) is 11.5 Å². The molecule has 2 aromatic rings. The van der Waals surface area contributed by atoms with E-state index in [1.54, 1.807) is 6.20 Å². The predicted molar refractivity (Wildman–Crippen MR) is 78.5 cm³/mol. The Morgan fingerprint density at radius 1 is 1.37 bits per heavy atom. The van der Waals surface area contributed by atoms with Crippen molar-refractivity contribution in [2.24, 2.45) is 0 Å². The molecule has 1 heterocycles. The lowest BCUT2D eigenvalue weighted by molar-refractivity contribution is 0.546. The highest BCUT2D eigenvalue weighted by atomic mass is 79.9. The van der Waals surface area contributed by atoms with Crippen LogP contribution in [0, 0.1) is 5.82 Å². The van der Waals surface area contributed by atoms with E-state index >= 15 is 0 Å². The van der Waals surface area contributed by atoms with Gasteiger partial charge in [-0.05, 0) is 58.2 Å². The zero-order valence-corrected chi connectivity index (χ0v) is 12.3. The third-order valence-corrected chi connectivity index (χ3v) is 3.57. The summed E-state index contributed by atoms with van der Waals surface area (Å²) < 4.78 is 13.8. The zero-order valence-electron chi connectivity index (χ0n) is 10.7. The maximum atomic E-state index is 13.3. The summed E-state index contributed by atoms with van der Waals surface area (Å²) in [4.78, 5) is 4.13. The van der Waals surface area contributed by atoms with Crippen LogP contribution in [0.15, 0.2) is 47.2 Å². The number of pyridine rings is 1. The van der Waals surface area contributed by atoms with Crippen LogP contribution in [0.4, 0.5) is 4.39 Å². The third-order valence-electron chi connectivity index (χ3n) is 2.96. The van der Waals surface area contributed by atoms with Crippen LogP contribution < -0.4 is 5.32 Å². The normalized spacial score (nSPS) is 12.4. The average Bonchev–Trinajstić information content (AvgIpc) is 2.43. The van der Waals surface area contributed by atoms with Gasteiger partial charge in [0.2, 0.25) is 0 Å². The van der Waals surface area contributed by atoms with Crippen molar-refractivity contribution in [3.8, 4) is 0 Å². The number of rotatable bonds is 5. The highest BCUT2D eigenvalue weighted by molar-refractivity contribution is 9.10. The molecule has 0 aliphatic carbocycles. The lowest BCUT2D eigenvalue weighted by Crippen LogP contribution is -2.23. The van der Waals surface area contributed by atoms with E-state index in [1.807, 2.05) is 24.4 Å². The fourth-order valence-electron chi connectivity index (χ4n) is 2.04. The molecular weight excluding hydrogens is 307 g/mol. The topological polar surface area (TPSA) is 24.9 Å². The van der Waals surface area contributed by atoms with E-state index in [0.717, 1.165) is 24.1 Å². The highest BCUT2D eigenvalue weighted by Crippen LogP contribution is 2.23. The van der Waals surface area contributed by atoms with Crippen molar-refractivity contribution < 1.29 is 4.39 Å². The summed E-state index contributed by atoms with van der Waals surface area (Å²) in [6.45, 7) is 2.93. The SMILES string of the molecule is CCNC(Cc1cccnc1)c1ccc(F)c(Br)c1. The van der Waals surface area contributed by atoms with Crippen LogP contribution in [0.2, 0.25) is 0 Å². The molecular formula is C15H16BrFN2. The first-order valence-electron chi connectivity index (χ1n) is 6.28. The number of halogens is 2. The Labute approximate surface area is 121 Å². The van der Waals surface area contributed by atoms with Crippen LogP contribution in [0.25, 0.3) is 0 Å². The largest absolute Gasteiger partial charge is 0.310 e. The molecule has 2 rings (SSSR count). The molecule has 1 N–H and O–H groups in total. The number of nitrogens with one attached hydrogen (secondary N) is 1.